The van der Waals surface area contributed by atoms with Crippen LogP contribution in [0.1, 0.15) is 52.0 Å². The summed E-state index contributed by atoms with van der Waals surface area (Å²) in [5.74, 6) is 0.775. The van der Waals surface area contributed by atoms with Gasteiger partial charge in [-0.3, -0.25) is 0 Å². The van der Waals surface area contributed by atoms with E-state index < -0.39 is 10.0 Å². The number of hydrogen-bond donors (Lipinski definition) is 3. The van der Waals surface area contributed by atoms with E-state index in [1.54, 1.807) is 12.1 Å². The lowest BCUT2D eigenvalue weighted by atomic mass is 10.1. The van der Waals surface area contributed by atoms with Crippen LogP contribution in [0.5, 0.6) is 0 Å². The molecule has 1 atom stereocenters. The minimum atomic E-state index is -3.65. The van der Waals surface area contributed by atoms with E-state index in [1.807, 2.05) is 6.92 Å². The maximum Gasteiger partial charge on any atom is 0.238 e. The standard InChI is InChI=1S/C17H30N4O2S.HI/c1-4-6-7-8-14(3)21-17(19-5-2)20-13-15-9-11-16(12-10-15)24(18,22)23;/h9-12,14H,4-8,13H2,1-3H3,(H2,18,22,23)(H2,19,20,21);1H. The van der Waals surface area contributed by atoms with Crippen molar-refractivity contribution in [3.63, 3.8) is 0 Å². The first kappa shape index (κ1) is 24.1. The van der Waals surface area contributed by atoms with Crippen LogP contribution < -0.4 is 15.8 Å². The minimum Gasteiger partial charge on any atom is -0.357 e. The van der Waals surface area contributed by atoms with Gasteiger partial charge in [0.2, 0.25) is 10.0 Å². The number of primary sulfonamides is 1. The zero-order valence-corrected chi connectivity index (χ0v) is 18.4. The van der Waals surface area contributed by atoms with Crippen molar-refractivity contribution in [2.75, 3.05) is 6.54 Å². The van der Waals surface area contributed by atoms with E-state index in [1.165, 1.54) is 31.4 Å². The molecule has 0 amide bonds. The Kier molecular flexibility index (Phi) is 12.0. The lowest BCUT2D eigenvalue weighted by molar-refractivity contribution is 0.547. The van der Waals surface area contributed by atoms with Gasteiger partial charge in [0.1, 0.15) is 0 Å². The van der Waals surface area contributed by atoms with E-state index in [0.29, 0.717) is 12.6 Å². The van der Waals surface area contributed by atoms with Crippen molar-refractivity contribution in [2.24, 2.45) is 10.1 Å². The molecule has 0 heterocycles. The number of benzene rings is 1. The number of nitrogens with zero attached hydrogens (tertiary/aromatic N) is 1. The smallest absolute Gasteiger partial charge is 0.238 e. The molecule has 0 aliphatic heterocycles. The average molecular weight is 482 g/mol. The van der Waals surface area contributed by atoms with Crippen LogP contribution in [0.2, 0.25) is 0 Å². The number of sulfonamides is 1. The fourth-order valence-electron chi connectivity index (χ4n) is 2.28. The molecule has 1 aromatic rings. The van der Waals surface area contributed by atoms with E-state index in [9.17, 15) is 8.42 Å². The number of aliphatic imine (C=N–C) groups is 1. The molecule has 0 saturated carbocycles. The number of nitrogens with two attached hydrogens (primary N) is 1. The maximum atomic E-state index is 11.3. The molecule has 4 N–H and O–H groups in total. The van der Waals surface area contributed by atoms with Crippen molar-refractivity contribution < 1.29 is 8.42 Å². The molecule has 0 aliphatic carbocycles. The molecule has 0 aromatic heterocycles. The third-order valence-electron chi connectivity index (χ3n) is 3.64. The predicted octanol–water partition coefficient (Wildman–Crippen LogP) is 2.98. The van der Waals surface area contributed by atoms with Crippen molar-refractivity contribution in [3.8, 4) is 0 Å². The summed E-state index contributed by atoms with van der Waals surface area (Å²) in [6.07, 6.45) is 4.78. The second kappa shape index (κ2) is 12.5. The summed E-state index contributed by atoms with van der Waals surface area (Å²) in [7, 11) is -3.65. The second-order valence-electron chi connectivity index (χ2n) is 5.93. The highest BCUT2D eigenvalue weighted by atomic mass is 127. The first-order chi connectivity index (χ1) is 11.4. The Hall–Kier alpha value is -0.870. The molecular weight excluding hydrogens is 451 g/mol. The van der Waals surface area contributed by atoms with Crippen LogP contribution in [0, 0.1) is 0 Å². The van der Waals surface area contributed by atoms with Gasteiger partial charge in [-0.15, -0.1) is 24.0 Å². The van der Waals surface area contributed by atoms with Gasteiger partial charge in [0.15, 0.2) is 5.96 Å². The van der Waals surface area contributed by atoms with E-state index in [2.05, 4.69) is 29.5 Å². The summed E-state index contributed by atoms with van der Waals surface area (Å²) in [6, 6.07) is 6.84. The Balaban J connectivity index is 0.00000576. The quantitative estimate of drug-likeness (QED) is 0.218. The number of nitrogens with one attached hydrogen (secondary N) is 2. The number of guanidine groups is 1. The lowest BCUT2D eigenvalue weighted by Crippen LogP contribution is -2.42. The molecule has 8 heteroatoms. The van der Waals surface area contributed by atoms with Gasteiger partial charge in [-0.1, -0.05) is 38.3 Å². The fourth-order valence-corrected chi connectivity index (χ4v) is 2.80. The molecular formula is C17H31IN4O2S. The molecule has 25 heavy (non-hydrogen) atoms. The Bertz CT molecular complexity index is 618. The van der Waals surface area contributed by atoms with E-state index >= 15 is 0 Å². The highest BCUT2D eigenvalue weighted by Gasteiger charge is 2.07. The molecule has 0 saturated heterocycles. The minimum absolute atomic E-state index is 0. The van der Waals surface area contributed by atoms with E-state index in [0.717, 1.165) is 24.5 Å². The average Bonchev–Trinajstić information content (AvgIpc) is 2.52. The SMILES string of the molecule is CCCCCC(C)NC(=NCc1ccc(S(N)(=O)=O)cc1)NCC.I. The summed E-state index contributed by atoms with van der Waals surface area (Å²) in [5, 5.41) is 11.7. The van der Waals surface area contributed by atoms with Gasteiger partial charge in [0, 0.05) is 12.6 Å². The number of rotatable bonds is 9. The van der Waals surface area contributed by atoms with Crippen LogP contribution in [0.4, 0.5) is 0 Å². The molecule has 0 aliphatic rings. The molecule has 144 valence electrons. The van der Waals surface area contributed by atoms with Crippen molar-refractivity contribution in [1.29, 1.82) is 0 Å². The molecule has 0 radical (unpaired) electrons. The van der Waals surface area contributed by atoms with Gasteiger partial charge in [0.25, 0.3) is 0 Å². The van der Waals surface area contributed by atoms with E-state index in [-0.39, 0.29) is 28.9 Å². The molecule has 0 fully saturated rings. The molecule has 0 bridgehead atoms. The van der Waals surface area contributed by atoms with Gasteiger partial charge in [-0.05, 0) is 38.0 Å². The molecule has 6 nitrogen and oxygen atoms in total. The Morgan fingerprint density at radius 1 is 1.20 bits per heavy atom. The normalized spacial score (nSPS) is 13.0. The van der Waals surface area contributed by atoms with Crippen molar-refractivity contribution in [2.45, 2.75) is 63.9 Å². The Morgan fingerprint density at radius 2 is 1.84 bits per heavy atom. The second-order valence-corrected chi connectivity index (χ2v) is 7.49. The van der Waals surface area contributed by atoms with Gasteiger partial charge in [-0.25, -0.2) is 18.5 Å². The van der Waals surface area contributed by atoms with Gasteiger partial charge in [0.05, 0.1) is 11.4 Å². The number of halogens is 1. The largest absolute Gasteiger partial charge is 0.357 e. The van der Waals surface area contributed by atoms with Gasteiger partial charge < -0.3 is 10.6 Å². The van der Waals surface area contributed by atoms with Crippen LogP contribution in [-0.4, -0.2) is 27.0 Å². The van der Waals surface area contributed by atoms with Crippen LogP contribution in [0.3, 0.4) is 0 Å². The van der Waals surface area contributed by atoms with Crippen LogP contribution in [0.15, 0.2) is 34.2 Å². The summed E-state index contributed by atoms with van der Waals surface area (Å²) < 4.78 is 22.5. The summed E-state index contributed by atoms with van der Waals surface area (Å²) in [4.78, 5) is 4.67. The van der Waals surface area contributed by atoms with Crippen molar-refractivity contribution in [3.05, 3.63) is 29.8 Å². The summed E-state index contributed by atoms with van der Waals surface area (Å²) >= 11 is 0. The van der Waals surface area contributed by atoms with E-state index in [4.69, 9.17) is 5.14 Å². The van der Waals surface area contributed by atoms with Gasteiger partial charge >= 0.3 is 0 Å². The predicted molar refractivity (Wildman–Crippen MR) is 115 cm³/mol. The zero-order valence-electron chi connectivity index (χ0n) is 15.3. The lowest BCUT2D eigenvalue weighted by Gasteiger charge is -2.17. The monoisotopic (exact) mass is 482 g/mol. The number of unbranched alkanes of at least 4 members (excludes halogenated alkanes) is 2. The molecule has 1 rings (SSSR count). The topological polar surface area (TPSA) is 96.6 Å². The van der Waals surface area contributed by atoms with Crippen LogP contribution in [-0.2, 0) is 16.6 Å². The molecule has 0 spiro atoms. The third-order valence-corrected chi connectivity index (χ3v) is 4.57. The first-order valence-electron chi connectivity index (χ1n) is 8.53. The molecule has 1 aromatic carbocycles. The van der Waals surface area contributed by atoms with Crippen LogP contribution >= 0.6 is 24.0 Å². The number of hydrogen-bond acceptors (Lipinski definition) is 3. The van der Waals surface area contributed by atoms with Crippen molar-refractivity contribution >= 4 is 40.0 Å². The van der Waals surface area contributed by atoms with Gasteiger partial charge in [-0.2, -0.15) is 0 Å². The summed E-state index contributed by atoms with van der Waals surface area (Å²) in [6.45, 7) is 7.65. The third kappa shape index (κ3) is 10.0. The fraction of sp³-hybridized carbons (Fsp3) is 0.588. The zero-order chi connectivity index (χ0) is 18.0. The molecule has 1 unspecified atom stereocenters. The first-order valence-corrected chi connectivity index (χ1v) is 10.1. The Morgan fingerprint density at radius 3 is 2.36 bits per heavy atom. The van der Waals surface area contributed by atoms with Crippen LogP contribution in [0.25, 0.3) is 0 Å². The highest BCUT2D eigenvalue weighted by Crippen LogP contribution is 2.09. The Labute approximate surface area is 169 Å². The summed E-state index contributed by atoms with van der Waals surface area (Å²) in [5.41, 5.74) is 0.929. The highest BCUT2D eigenvalue weighted by molar-refractivity contribution is 14.0. The van der Waals surface area contributed by atoms with Crippen molar-refractivity contribution in [1.82, 2.24) is 10.6 Å². The maximum absolute atomic E-state index is 11.3.